The summed E-state index contributed by atoms with van der Waals surface area (Å²) in [6.07, 6.45) is 1.90. The Hall–Kier alpha value is -4.05. The molecule has 0 aliphatic heterocycles. The van der Waals surface area contributed by atoms with Crippen LogP contribution in [-0.2, 0) is 11.3 Å². The number of benzene rings is 3. The third kappa shape index (κ3) is 6.03. The van der Waals surface area contributed by atoms with Gasteiger partial charge in [-0.1, -0.05) is 24.3 Å². The van der Waals surface area contributed by atoms with Crippen LogP contribution in [0.15, 0.2) is 71.8 Å². The van der Waals surface area contributed by atoms with Crippen molar-refractivity contribution in [3.05, 3.63) is 84.1 Å². The zero-order valence-corrected chi connectivity index (χ0v) is 21.0. The predicted octanol–water partition coefficient (Wildman–Crippen LogP) is 5.10. The van der Waals surface area contributed by atoms with Crippen molar-refractivity contribution >= 4 is 40.2 Å². The number of hydrogen-bond acceptors (Lipinski definition) is 5. The number of aromatic nitrogens is 1. The first-order valence-electron chi connectivity index (χ1n) is 11.4. The van der Waals surface area contributed by atoms with E-state index < -0.39 is 23.1 Å². The van der Waals surface area contributed by atoms with Crippen LogP contribution in [0.25, 0.3) is 10.9 Å². The third-order valence-corrected chi connectivity index (χ3v) is 6.66. The molecule has 4 aromatic rings. The molecule has 3 aromatic carbocycles. The first-order chi connectivity index (χ1) is 17.9. The Kier molecular flexibility index (Phi) is 8.29. The summed E-state index contributed by atoms with van der Waals surface area (Å²) in [6, 6.07) is 16.1. The molecule has 0 spiro atoms. The topological polar surface area (TPSA) is 81.6 Å². The van der Waals surface area contributed by atoms with Gasteiger partial charge in [-0.2, -0.15) is 0 Å². The summed E-state index contributed by atoms with van der Waals surface area (Å²) in [5.74, 6) is -1.57. The molecule has 0 aliphatic rings. The van der Waals surface area contributed by atoms with Gasteiger partial charge in [0.25, 0.3) is 5.91 Å². The Morgan fingerprint density at radius 2 is 1.73 bits per heavy atom. The molecule has 192 valence electrons. The fraction of sp³-hybridized carbons (Fsp3) is 0.185. The van der Waals surface area contributed by atoms with E-state index in [1.807, 2.05) is 35.0 Å². The van der Waals surface area contributed by atoms with Crippen LogP contribution in [0.1, 0.15) is 10.4 Å². The lowest BCUT2D eigenvalue weighted by Gasteiger charge is -2.11. The second-order valence-electron chi connectivity index (χ2n) is 7.96. The highest BCUT2D eigenvalue weighted by molar-refractivity contribution is 8.00. The number of halogens is 2. The summed E-state index contributed by atoms with van der Waals surface area (Å²) in [4.78, 5) is 25.8. The molecule has 0 atom stereocenters. The van der Waals surface area contributed by atoms with E-state index in [0.717, 1.165) is 27.9 Å². The van der Waals surface area contributed by atoms with Crippen molar-refractivity contribution in [2.45, 2.75) is 11.4 Å². The minimum Gasteiger partial charge on any atom is -0.497 e. The van der Waals surface area contributed by atoms with Gasteiger partial charge in [-0.15, -0.1) is 11.8 Å². The van der Waals surface area contributed by atoms with E-state index in [-0.39, 0.29) is 18.2 Å². The van der Waals surface area contributed by atoms with Crippen LogP contribution < -0.4 is 20.1 Å². The van der Waals surface area contributed by atoms with Crippen molar-refractivity contribution in [1.82, 2.24) is 9.88 Å². The summed E-state index contributed by atoms with van der Waals surface area (Å²) in [7, 11) is 3.07. The molecule has 0 fully saturated rings. The summed E-state index contributed by atoms with van der Waals surface area (Å²) in [5.41, 5.74) is 0.850. The predicted molar refractivity (Wildman–Crippen MR) is 140 cm³/mol. The summed E-state index contributed by atoms with van der Waals surface area (Å²) in [5, 5.41) is 6.37. The lowest BCUT2D eigenvalue weighted by atomic mass is 10.2. The number of nitrogens with one attached hydrogen (secondary N) is 2. The molecule has 10 heteroatoms. The fourth-order valence-electron chi connectivity index (χ4n) is 3.84. The quantitative estimate of drug-likeness (QED) is 0.282. The maximum absolute atomic E-state index is 13.9. The molecule has 2 amide bonds. The Morgan fingerprint density at radius 3 is 2.46 bits per heavy atom. The van der Waals surface area contributed by atoms with E-state index in [1.165, 1.54) is 24.9 Å². The van der Waals surface area contributed by atoms with Gasteiger partial charge in [-0.3, -0.25) is 9.59 Å². The molecule has 0 radical (unpaired) electrons. The standard InChI is InChI=1S/C27H25F2N3O4S/c1-35-17-10-11-21(23(14-17)36-2)31-25(33)16-37-24-15-32(22-9-4-3-6-18(22)24)13-12-30-27(34)26-19(28)7-5-8-20(26)29/h3-11,14-15H,12-13,16H2,1-2H3,(H,30,34)(H,31,33). The van der Waals surface area contributed by atoms with Crippen LogP contribution in [-0.4, -0.2) is 42.9 Å². The Bertz CT molecular complexity index is 1420. The van der Waals surface area contributed by atoms with Gasteiger partial charge in [0.15, 0.2) is 0 Å². The lowest BCUT2D eigenvalue weighted by Crippen LogP contribution is -2.28. The van der Waals surface area contributed by atoms with E-state index in [2.05, 4.69) is 10.6 Å². The maximum atomic E-state index is 13.9. The minimum atomic E-state index is -0.909. The molecule has 1 aromatic heterocycles. The fourth-order valence-corrected chi connectivity index (χ4v) is 4.73. The van der Waals surface area contributed by atoms with Gasteiger partial charge in [0, 0.05) is 41.2 Å². The van der Waals surface area contributed by atoms with Gasteiger partial charge in [0.2, 0.25) is 5.91 Å². The number of para-hydroxylation sites is 1. The van der Waals surface area contributed by atoms with E-state index in [9.17, 15) is 18.4 Å². The zero-order chi connectivity index (χ0) is 26.4. The largest absolute Gasteiger partial charge is 0.497 e. The van der Waals surface area contributed by atoms with Gasteiger partial charge in [0.1, 0.15) is 28.7 Å². The van der Waals surface area contributed by atoms with Crippen molar-refractivity contribution < 1.29 is 27.8 Å². The van der Waals surface area contributed by atoms with Gasteiger partial charge in [0.05, 0.1) is 25.7 Å². The lowest BCUT2D eigenvalue weighted by molar-refractivity contribution is -0.113. The van der Waals surface area contributed by atoms with Crippen molar-refractivity contribution in [2.24, 2.45) is 0 Å². The SMILES string of the molecule is COc1ccc(NC(=O)CSc2cn(CCNC(=O)c3c(F)cccc3F)c3ccccc23)c(OC)c1. The molecule has 37 heavy (non-hydrogen) atoms. The summed E-state index contributed by atoms with van der Waals surface area (Å²) in [6.45, 7) is 0.533. The first-order valence-corrected chi connectivity index (χ1v) is 12.3. The minimum absolute atomic E-state index is 0.159. The first kappa shape index (κ1) is 26.0. The molecule has 0 aliphatic carbocycles. The summed E-state index contributed by atoms with van der Waals surface area (Å²) < 4.78 is 40.2. The molecule has 0 bridgehead atoms. The normalized spacial score (nSPS) is 10.8. The monoisotopic (exact) mass is 525 g/mol. The number of methoxy groups -OCH3 is 2. The number of nitrogens with zero attached hydrogens (tertiary/aromatic N) is 1. The molecule has 2 N–H and O–H groups in total. The smallest absolute Gasteiger partial charge is 0.257 e. The van der Waals surface area contributed by atoms with Gasteiger partial charge in [-0.05, 0) is 30.3 Å². The number of thioether (sulfide) groups is 1. The van der Waals surface area contributed by atoms with Crippen molar-refractivity contribution in [2.75, 3.05) is 31.8 Å². The van der Waals surface area contributed by atoms with E-state index >= 15 is 0 Å². The number of hydrogen-bond donors (Lipinski definition) is 2. The molecule has 1 heterocycles. The zero-order valence-electron chi connectivity index (χ0n) is 20.2. The van der Waals surface area contributed by atoms with Crippen LogP contribution in [0.3, 0.4) is 0 Å². The number of carbonyl (C=O) groups excluding carboxylic acids is 2. The highest BCUT2D eigenvalue weighted by Gasteiger charge is 2.17. The van der Waals surface area contributed by atoms with Crippen LogP contribution in [0.2, 0.25) is 0 Å². The van der Waals surface area contributed by atoms with Gasteiger partial charge in [-0.25, -0.2) is 8.78 Å². The number of amides is 2. The second kappa shape index (κ2) is 11.8. The van der Waals surface area contributed by atoms with Crippen molar-refractivity contribution in [3.8, 4) is 11.5 Å². The Balaban J connectivity index is 1.40. The van der Waals surface area contributed by atoms with Crippen LogP contribution in [0.4, 0.5) is 14.5 Å². The van der Waals surface area contributed by atoms with Crippen molar-refractivity contribution in [1.29, 1.82) is 0 Å². The second-order valence-corrected chi connectivity index (χ2v) is 8.98. The highest BCUT2D eigenvalue weighted by Crippen LogP contribution is 2.32. The molecular formula is C27H25F2N3O4S. The molecular weight excluding hydrogens is 500 g/mol. The van der Waals surface area contributed by atoms with Crippen LogP contribution in [0, 0.1) is 11.6 Å². The number of anilines is 1. The van der Waals surface area contributed by atoms with Gasteiger partial charge < -0.3 is 24.7 Å². The molecule has 4 rings (SSSR count). The Morgan fingerprint density at radius 1 is 0.973 bits per heavy atom. The van der Waals surface area contributed by atoms with Crippen LogP contribution >= 0.6 is 11.8 Å². The number of carbonyl (C=O) groups is 2. The average Bonchev–Trinajstić information content (AvgIpc) is 3.25. The number of fused-ring (bicyclic) bond motifs is 1. The van der Waals surface area contributed by atoms with E-state index in [1.54, 1.807) is 25.3 Å². The van der Waals surface area contributed by atoms with Crippen LogP contribution in [0.5, 0.6) is 11.5 Å². The summed E-state index contributed by atoms with van der Waals surface area (Å²) >= 11 is 1.37. The van der Waals surface area contributed by atoms with E-state index in [0.29, 0.717) is 23.7 Å². The Labute approximate surface area is 216 Å². The van der Waals surface area contributed by atoms with E-state index in [4.69, 9.17) is 9.47 Å². The van der Waals surface area contributed by atoms with Gasteiger partial charge >= 0.3 is 0 Å². The number of ether oxygens (including phenoxy) is 2. The maximum Gasteiger partial charge on any atom is 0.257 e. The third-order valence-electron chi connectivity index (χ3n) is 5.62. The average molecular weight is 526 g/mol. The molecule has 0 saturated heterocycles. The van der Waals surface area contributed by atoms with Crippen molar-refractivity contribution in [3.63, 3.8) is 0 Å². The molecule has 7 nitrogen and oxygen atoms in total. The molecule has 0 unspecified atom stereocenters. The number of rotatable bonds is 10. The molecule has 0 saturated carbocycles. The highest BCUT2D eigenvalue weighted by atomic mass is 32.2.